The second-order valence-electron chi connectivity index (χ2n) is 7.81. The third-order valence-corrected chi connectivity index (χ3v) is 5.88. The maximum atomic E-state index is 4.97. The number of hydrogen-bond acceptors (Lipinski definition) is 4. The molecule has 0 bridgehead atoms. The summed E-state index contributed by atoms with van der Waals surface area (Å²) in [6.45, 7) is 4.45. The van der Waals surface area contributed by atoms with Gasteiger partial charge in [-0.2, -0.15) is 0 Å². The van der Waals surface area contributed by atoms with E-state index in [2.05, 4.69) is 53.4 Å². The Balaban J connectivity index is 1.34. The molecule has 0 N–H and O–H groups in total. The Morgan fingerprint density at radius 2 is 2.00 bits per heavy atom. The van der Waals surface area contributed by atoms with Crippen LogP contribution in [0.25, 0.3) is 0 Å². The number of fused-ring (bicyclic) bond motifs is 1. The molecule has 1 unspecified atom stereocenters. The third kappa shape index (κ3) is 4.13. The number of nitrogens with zero attached hydrogens (tertiary/aromatic N) is 4. The van der Waals surface area contributed by atoms with Crippen LogP contribution in [0, 0.1) is 0 Å². The molecule has 1 atom stereocenters. The Hall–Kier alpha value is -1.78. The van der Waals surface area contributed by atoms with E-state index in [-0.39, 0.29) is 0 Å². The quantitative estimate of drug-likeness (QED) is 0.824. The van der Waals surface area contributed by atoms with Gasteiger partial charge in [0.25, 0.3) is 0 Å². The van der Waals surface area contributed by atoms with Crippen LogP contribution in [0.5, 0.6) is 0 Å². The van der Waals surface area contributed by atoms with Crippen molar-refractivity contribution in [2.75, 3.05) is 26.7 Å². The van der Waals surface area contributed by atoms with Crippen LogP contribution < -0.4 is 0 Å². The van der Waals surface area contributed by atoms with Crippen LogP contribution in [-0.4, -0.2) is 46.4 Å². The molecule has 2 aromatic rings. The van der Waals surface area contributed by atoms with Crippen LogP contribution in [0.15, 0.2) is 36.5 Å². The number of rotatable bonds is 5. The van der Waals surface area contributed by atoms with Gasteiger partial charge in [-0.3, -0.25) is 9.80 Å². The Kier molecular flexibility index (Phi) is 5.61. The van der Waals surface area contributed by atoms with Crippen LogP contribution in [0.4, 0.5) is 0 Å². The van der Waals surface area contributed by atoms with Crippen molar-refractivity contribution < 1.29 is 0 Å². The fourth-order valence-electron chi connectivity index (χ4n) is 4.29. The van der Waals surface area contributed by atoms with Gasteiger partial charge in [-0.05, 0) is 51.4 Å². The molecular formula is C22H30N4. The topological polar surface area (TPSA) is 32.3 Å². The van der Waals surface area contributed by atoms with Gasteiger partial charge in [-0.15, -0.1) is 0 Å². The Labute approximate surface area is 157 Å². The van der Waals surface area contributed by atoms with Gasteiger partial charge in [0.1, 0.15) is 5.82 Å². The molecule has 0 aliphatic carbocycles. The smallest absolute Gasteiger partial charge is 0.145 e. The Bertz CT molecular complexity index is 715. The lowest BCUT2D eigenvalue weighted by Crippen LogP contribution is -2.34. The minimum Gasteiger partial charge on any atom is -0.299 e. The molecule has 0 radical (unpaired) electrons. The maximum absolute atomic E-state index is 4.97. The number of aromatic nitrogens is 2. The molecule has 138 valence electrons. The summed E-state index contributed by atoms with van der Waals surface area (Å²) in [5.74, 6) is 1.04. The van der Waals surface area contributed by atoms with E-state index in [1.807, 2.05) is 0 Å². The highest BCUT2D eigenvalue weighted by atomic mass is 15.2. The predicted octanol–water partition coefficient (Wildman–Crippen LogP) is 3.62. The molecule has 0 spiro atoms. The molecule has 0 amide bonds. The summed E-state index contributed by atoms with van der Waals surface area (Å²) in [5.41, 5.74) is 4.06. The normalized spacial score (nSPS) is 21.5. The first-order valence-corrected chi connectivity index (χ1v) is 10.1. The van der Waals surface area contributed by atoms with Crippen LogP contribution in [0.3, 0.4) is 0 Å². The summed E-state index contributed by atoms with van der Waals surface area (Å²) in [5, 5.41) is 0. The molecule has 0 saturated carbocycles. The molecule has 1 saturated heterocycles. The number of benzene rings is 1. The molecule has 2 aliphatic rings. The average Bonchev–Trinajstić information content (AvgIpc) is 2.69. The van der Waals surface area contributed by atoms with Crippen molar-refractivity contribution >= 4 is 0 Å². The van der Waals surface area contributed by atoms with Crippen LogP contribution in [0.2, 0.25) is 0 Å². The first-order valence-electron chi connectivity index (χ1n) is 10.1. The lowest BCUT2D eigenvalue weighted by Gasteiger charge is -2.32. The Morgan fingerprint density at radius 1 is 1.12 bits per heavy atom. The highest BCUT2D eigenvalue weighted by Crippen LogP contribution is 2.28. The highest BCUT2D eigenvalue weighted by molar-refractivity contribution is 5.21. The first-order chi connectivity index (χ1) is 12.8. The fraction of sp³-hybridized carbons (Fsp3) is 0.545. The number of likely N-dealkylation sites (tertiary alicyclic amines) is 1. The molecule has 2 aliphatic heterocycles. The van der Waals surface area contributed by atoms with Crippen molar-refractivity contribution in [1.29, 1.82) is 0 Å². The van der Waals surface area contributed by atoms with E-state index in [4.69, 9.17) is 9.97 Å². The minimum absolute atomic E-state index is 0.415. The van der Waals surface area contributed by atoms with E-state index < -0.39 is 0 Å². The second kappa shape index (κ2) is 8.28. The number of hydrogen-bond donors (Lipinski definition) is 0. The van der Waals surface area contributed by atoms with Crippen molar-refractivity contribution in [2.24, 2.45) is 0 Å². The summed E-state index contributed by atoms with van der Waals surface area (Å²) in [6.07, 6.45) is 9.33. The maximum Gasteiger partial charge on any atom is 0.145 e. The minimum atomic E-state index is 0.415. The van der Waals surface area contributed by atoms with Gasteiger partial charge in [0, 0.05) is 37.0 Å². The fourth-order valence-corrected chi connectivity index (χ4v) is 4.29. The average molecular weight is 351 g/mol. The van der Waals surface area contributed by atoms with Gasteiger partial charge >= 0.3 is 0 Å². The van der Waals surface area contributed by atoms with Gasteiger partial charge in [0.05, 0.1) is 6.04 Å². The van der Waals surface area contributed by atoms with E-state index in [0.717, 1.165) is 38.3 Å². The van der Waals surface area contributed by atoms with Gasteiger partial charge < -0.3 is 0 Å². The highest BCUT2D eigenvalue weighted by Gasteiger charge is 2.25. The lowest BCUT2D eigenvalue weighted by atomic mass is 10.0. The zero-order chi connectivity index (χ0) is 17.8. The monoisotopic (exact) mass is 350 g/mol. The molecule has 4 heteroatoms. The van der Waals surface area contributed by atoms with Gasteiger partial charge in [-0.1, -0.05) is 36.8 Å². The van der Waals surface area contributed by atoms with Crippen molar-refractivity contribution in [3.8, 4) is 0 Å². The second-order valence-corrected chi connectivity index (χ2v) is 7.81. The first kappa shape index (κ1) is 17.6. The summed E-state index contributed by atoms with van der Waals surface area (Å²) in [4.78, 5) is 14.7. The zero-order valence-electron chi connectivity index (χ0n) is 15.9. The van der Waals surface area contributed by atoms with Crippen molar-refractivity contribution in [2.45, 2.75) is 51.1 Å². The standard InChI is InChI=1S/C22H30N4/c1-25-13-6-5-11-21(25)22-23-16-19-17-26(15-12-20(19)24-22)14-7-10-18-8-3-2-4-9-18/h2-4,8-9,16,21H,5-7,10-15,17H2,1H3. The van der Waals surface area contributed by atoms with Gasteiger partial charge in [-0.25, -0.2) is 9.97 Å². The molecular weight excluding hydrogens is 320 g/mol. The van der Waals surface area contributed by atoms with Crippen molar-refractivity contribution in [3.05, 3.63) is 59.2 Å². The SMILES string of the molecule is CN1CCCCC1c1ncc2c(n1)CCN(CCCc1ccccc1)C2. The zero-order valence-corrected chi connectivity index (χ0v) is 15.9. The van der Waals surface area contributed by atoms with E-state index in [1.54, 1.807) is 0 Å². The molecule has 1 fully saturated rings. The molecule has 26 heavy (non-hydrogen) atoms. The summed E-state index contributed by atoms with van der Waals surface area (Å²) in [7, 11) is 2.21. The van der Waals surface area contributed by atoms with Gasteiger partial charge in [0.2, 0.25) is 0 Å². The van der Waals surface area contributed by atoms with Crippen LogP contribution in [-0.2, 0) is 19.4 Å². The van der Waals surface area contributed by atoms with E-state index >= 15 is 0 Å². The number of piperidine rings is 1. The van der Waals surface area contributed by atoms with Gasteiger partial charge in [0.15, 0.2) is 0 Å². The van der Waals surface area contributed by atoms with Crippen LogP contribution in [0.1, 0.15) is 54.4 Å². The van der Waals surface area contributed by atoms with Crippen molar-refractivity contribution in [1.82, 2.24) is 19.8 Å². The molecule has 3 heterocycles. The van der Waals surface area contributed by atoms with E-state index in [0.29, 0.717) is 6.04 Å². The summed E-state index contributed by atoms with van der Waals surface area (Å²) in [6, 6.07) is 11.2. The van der Waals surface area contributed by atoms with E-state index in [1.165, 1.54) is 49.0 Å². The van der Waals surface area contributed by atoms with E-state index in [9.17, 15) is 0 Å². The molecule has 4 nitrogen and oxygen atoms in total. The predicted molar refractivity (Wildman–Crippen MR) is 105 cm³/mol. The third-order valence-electron chi connectivity index (χ3n) is 5.88. The molecule has 4 rings (SSSR count). The molecule has 1 aromatic heterocycles. The summed E-state index contributed by atoms with van der Waals surface area (Å²) >= 11 is 0. The number of aryl methyl sites for hydroxylation is 1. The van der Waals surface area contributed by atoms with Crippen molar-refractivity contribution in [3.63, 3.8) is 0 Å². The molecule has 1 aromatic carbocycles. The Morgan fingerprint density at radius 3 is 2.85 bits per heavy atom. The lowest BCUT2D eigenvalue weighted by molar-refractivity contribution is 0.178. The van der Waals surface area contributed by atoms with Crippen LogP contribution >= 0.6 is 0 Å². The largest absolute Gasteiger partial charge is 0.299 e. The summed E-state index contributed by atoms with van der Waals surface area (Å²) < 4.78 is 0.